The number of hydrogen-bond donors (Lipinski definition) is 3. The minimum Gasteiger partial charge on any atom is -0.497 e. The second-order valence-corrected chi connectivity index (χ2v) is 10.6. The van der Waals surface area contributed by atoms with Crippen LogP contribution >= 0.6 is 0 Å². The van der Waals surface area contributed by atoms with Crippen LogP contribution in [-0.4, -0.2) is 50.8 Å². The van der Waals surface area contributed by atoms with Gasteiger partial charge in [0.15, 0.2) is 0 Å². The molecule has 42 heavy (non-hydrogen) atoms. The van der Waals surface area contributed by atoms with Crippen LogP contribution in [0.5, 0.6) is 5.75 Å². The Morgan fingerprint density at radius 1 is 0.833 bits per heavy atom. The summed E-state index contributed by atoms with van der Waals surface area (Å²) in [7, 11) is 3.28. The van der Waals surface area contributed by atoms with E-state index in [1.807, 2.05) is 54.6 Å². The fourth-order valence-corrected chi connectivity index (χ4v) is 4.97. The van der Waals surface area contributed by atoms with Gasteiger partial charge in [-0.15, -0.1) is 0 Å². The van der Waals surface area contributed by atoms with E-state index in [-0.39, 0.29) is 11.8 Å². The van der Waals surface area contributed by atoms with Crippen LogP contribution in [0.15, 0.2) is 84.0 Å². The van der Waals surface area contributed by atoms with E-state index in [0.717, 1.165) is 49.7 Å². The number of unbranched alkanes of at least 4 members (excludes halogenated alkanes) is 4. The minimum atomic E-state index is -1.43. The first-order valence-electron chi connectivity index (χ1n) is 15.0. The highest BCUT2D eigenvalue weighted by Crippen LogP contribution is 2.39. The number of carbonyl (C=O) groups excluding carboxylic acids is 2. The quantitative estimate of drug-likeness (QED) is 0.202. The van der Waals surface area contributed by atoms with Gasteiger partial charge in [-0.2, -0.15) is 0 Å². The fraction of sp³-hybridized carbons (Fsp3) is 0.429. The topological polar surface area (TPSA) is 96.9 Å². The highest BCUT2D eigenvalue weighted by atomic mass is 16.5. The van der Waals surface area contributed by atoms with E-state index < -0.39 is 5.60 Å². The van der Waals surface area contributed by atoms with E-state index in [2.05, 4.69) is 23.6 Å². The molecule has 2 aromatic rings. The van der Waals surface area contributed by atoms with Crippen molar-refractivity contribution in [2.45, 2.75) is 63.9 Å². The maximum atomic E-state index is 12.8. The molecule has 1 atom stereocenters. The summed E-state index contributed by atoms with van der Waals surface area (Å²) in [6.45, 7) is 3.88. The highest BCUT2D eigenvalue weighted by Gasteiger charge is 2.35. The molecule has 7 heteroatoms. The lowest BCUT2D eigenvalue weighted by Crippen LogP contribution is -2.30. The zero-order valence-corrected chi connectivity index (χ0v) is 25.3. The molecule has 1 unspecified atom stereocenters. The first-order valence-corrected chi connectivity index (χ1v) is 15.0. The lowest BCUT2D eigenvalue weighted by atomic mass is 9.79. The van der Waals surface area contributed by atoms with Crippen molar-refractivity contribution in [3.8, 4) is 5.75 Å². The lowest BCUT2D eigenvalue weighted by Gasteiger charge is -2.31. The molecule has 3 N–H and O–H groups in total. The summed E-state index contributed by atoms with van der Waals surface area (Å²) >= 11 is 0. The van der Waals surface area contributed by atoms with Crippen LogP contribution in [0.25, 0.3) is 0 Å². The highest BCUT2D eigenvalue weighted by molar-refractivity contribution is 5.94. The number of benzene rings is 2. The summed E-state index contributed by atoms with van der Waals surface area (Å²) in [5.74, 6) is 0.699. The summed E-state index contributed by atoms with van der Waals surface area (Å²) in [5, 5.41) is 18.3. The summed E-state index contributed by atoms with van der Waals surface area (Å²) < 4.78 is 10.6. The molecule has 0 heterocycles. The molecule has 2 amide bonds. The van der Waals surface area contributed by atoms with Crippen molar-refractivity contribution in [1.29, 1.82) is 0 Å². The Morgan fingerprint density at radius 2 is 1.48 bits per heavy atom. The number of methoxy groups -OCH3 is 2. The Balaban J connectivity index is 1.61. The minimum absolute atomic E-state index is 0.133. The number of hydrogen-bond acceptors (Lipinski definition) is 5. The van der Waals surface area contributed by atoms with E-state index in [1.54, 1.807) is 26.4 Å². The monoisotopic (exact) mass is 574 g/mol. The molecule has 2 aromatic carbocycles. The average Bonchev–Trinajstić information content (AvgIpc) is 3.27. The Labute approximate surface area is 250 Å². The van der Waals surface area contributed by atoms with Crippen molar-refractivity contribution >= 4 is 11.8 Å². The molecular weight excluding hydrogens is 528 g/mol. The Morgan fingerprint density at radius 3 is 2.10 bits per heavy atom. The second kappa shape index (κ2) is 17.3. The predicted octanol–water partition coefficient (Wildman–Crippen LogP) is 5.99. The van der Waals surface area contributed by atoms with Gasteiger partial charge in [0.25, 0.3) is 5.91 Å². The van der Waals surface area contributed by atoms with Crippen LogP contribution in [0.3, 0.4) is 0 Å². The first-order chi connectivity index (χ1) is 20.4. The zero-order valence-electron chi connectivity index (χ0n) is 25.3. The SMILES string of the molecule is CCCCC(=O)NCCCCCCNC(=O)c1ccc(C(O)(C2=CCC=C(COC)C=C2)c2ccc(OC)cc2)cc1. The molecule has 0 saturated heterocycles. The number of rotatable bonds is 17. The van der Waals surface area contributed by atoms with E-state index in [1.165, 1.54) is 0 Å². The zero-order chi connectivity index (χ0) is 30.2. The third kappa shape index (κ3) is 9.43. The molecular formula is C35H46N2O5. The normalized spacial score (nSPS) is 14.3. The van der Waals surface area contributed by atoms with Gasteiger partial charge >= 0.3 is 0 Å². The van der Waals surface area contributed by atoms with E-state index in [9.17, 15) is 14.7 Å². The molecule has 0 saturated carbocycles. The summed E-state index contributed by atoms with van der Waals surface area (Å²) in [6.07, 6.45) is 15.1. The van der Waals surface area contributed by atoms with Gasteiger partial charge in [-0.25, -0.2) is 0 Å². The Bertz CT molecular complexity index is 1230. The second-order valence-electron chi connectivity index (χ2n) is 10.6. The van der Waals surface area contributed by atoms with Gasteiger partial charge in [0.05, 0.1) is 13.7 Å². The van der Waals surface area contributed by atoms with Crippen molar-refractivity contribution in [3.63, 3.8) is 0 Å². The van der Waals surface area contributed by atoms with Crippen LogP contribution in [0.2, 0.25) is 0 Å². The average molecular weight is 575 g/mol. The molecule has 0 spiro atoms. The predicted molar refractivity (Wildman–Crippen MR) is 168 cm³/mol. The molecule has 0 radical (unpaired) electrons. The van der Waals surface area contributed by atoms with Crippen molar-refractivity contribution in [1.82, 2.24) is 10.6 Å². The van der Waals surface area contributed by atoms with Crippen molar-refractivity contribution in [3.05, 3.63) is 101 Å². The maximum absolute atomic E-state index is 12.8. The van der Waals surface area contributed by atoms with Gasteiger partial charge in [0.2, 0.25) is 5.91 Å². The molecule has 1 aliphatic carbocycles. The van der Waals surface area contributed by atoms with Crippen LogP contribution in [0.4, 0.5) is 0 Å². The van der Waals surface area contributed by atoms with Gasteiger partial charge in [-0.05, 0) is 72.2 Å². The van der Waals surface area contributed by atoms with E-state index in [4.69, 9.17) is 9.47 Å². The van der Waals surface area contributed by atoms with Crippen molar-refractivity contribution < 1.29 is 24.2 Å². The van der Waals surface area contributed by atoms with Crippen molar-refractivity contribution in [2.75, 3.05) is 33.9 Å². The summed E-state index contributed by atoms with van der Waals surface area (Å²) in [4.78, 5) is 24.5. The third-order valence-corrected chi connectivity index (χ3v) is 7.46. The largest absolute Gasteiger partial charge is 0.497 e. The molecule has 0 aliphatic heterocycles. The number of carbonyl (C=O) groups is 2. The van der Waals surface area contributed by atoms with E-state index in [0.29, 0.717) is 55.0 Å². The maximum Gasteiger partial charge on any atom is 0.251 e. The standard InChI is InChI=1S/C35H46N2O5/c1-4-5-13-33(38)36-24-8-6-7-9-25-37-34(39)28-15-18-30(19-16-28)35(40,31-20-22-32(42-3)23-21-31)29-12-10-11-27(14-17-29)26-41-2/h11-12,14-23,40H,4-10,13,24-26H2,1-3H3,(H,36,38)(H,37,39). The molecule has 0 aromatic heterocycles. The van der Waals surface area contributed by atoms with Crippen LogP contribution in [0, 0.1) is 0 Å². The number of ether oxygens (including phenoxy) is 2. The van der Waals surface area contributed by atoms with Gasteiger partial charge in [-0.1, -0.05) is 74.8 Å². The van der Waals surface area contributed by atoms with Crippen LogP contribution < -0.4 is 15.4 Å². The van der Waals surface area contributed by atoms with Crippen molar-refractivity contribution in [2.24, 2.45) is 0 Å². The van der Waals surface area contributed by atoms with Gasteiger partial charge in [-0.3, -0.25) is 9.59 Å². The lowest BCUT2D eigenvalue weighted by molar-refractivity contribution is -0.121. The van der Waals surface area contributed by atoms with Gasteiger partial charge < -0.3 is 25.2 Å². The fourth-order valence-electron chi connectivity index (χ4n) is 4.97. The number of allylic oxidation sites excluding steroid dienone is 2. The smallest absolute Gasteiger partial charge is 0.251 e. The van der Waals surface area contributed by atoms with Crippen LogP contribution in [0.1, 0.15) is 79.8 Å². The number of amides is 2. The van der Waals surface area contributed by atoms with Gasteiger partial charge in [0.1, 0.15) is 11.4 Å². The molecule has 7 nitrogen and oxygen atoms in total. The molecule has 1 aliphatic rings. The number of aliphatic hydroxyl groups is 1. The first kappa shape index (κ1) is 32.8. The number of nitrogens with one attached hydrogen (secondary N) is 2. The molecule has 0 fully saturated rings. The summed E-state index contributed by atoms with van der Waals surface area (Å²) in [5.41, 5.74) is 2.27. The van der Waals surface area contributed by atoms with Gasteiger partial charge in [0, 0.05) is 32.2 Å². The van der Waals surface area contributed by atoms with E-state index >= 15 is 0 Å². The molecule has 226 valence electrons. The molecule has 0 bridgehead atoms. The Kier molecular flexibility index (Phi) is 13.5. The third-order valence-electron chi connectivity index (χ3n) is 7.46. The summed E-state index contributed by atoms with van der Waals surface area (Å²) in [6, 6.07) is 14.6. The van der Waals surface area contributed by atoms with Crippen LogP contribution in [-0.2, 0) is 15.1 Å². The molecule has 3 rings (SSSR count). The Hall–Kier alpha value is -3.68.